The number of carbonyl (C=O) groups is 2. The van der Waals surface area contributed by atoms with Gasteiger partial charge < -0.3 is 9.67 Å². The van der Waals surface area contributed by atoms with E-state index in [1.807, 2.05) is 29.9 Å². The van der Waals surface area contributed by atoms with Crippen LogP contribution in [0.2, 0.25) is 0 Å². The molecular formula is C12H12N2O3S2. The van der Waals surface area contributed by atoms with Crippen LogP contribution in [0.4, 0.5) is 0 Å². The van der Waals surface area contributed by atoms with Crippen molar-refractivity contribution in [2.75, 3.05) is 6.54 Å². The maximum absolute atomic E-state index is 12.1. The largest absolute Gasteiger partial charge is 0.481 e. The number of hydrogen-bond donors (Lipinski definition) is 1. The summed E-state index contributed by atoms with van der Waals surface area (Å²) in [5.41, 5.74) is 0.902. The van der Waals surface area contributed by atoms with Gasteiger partial charge in [0, 0.05) is 25.5 Å². The number of amides is 1. The summed E-state index contributed by atoms with van der Waals surface area (Å²) >= 11 is 6.31. The van der Waals surface area contributed by atoms with Crippen molar-refractivity contribution >= 4 is 46.3 Å². The van der Waals surface area contributed by atoms with E-state index in [9.17, 15) is 9.59 Å². The Morgan fingerprint density at radius 2 is 2.32 bits per heavy atom. The molecule has 1 amide bonds. The van der Waals surface area contributed by atoms with Crippen molar-refractivity contribution in [1.29, 1.82) is 0 Å². The monoisotopic (exact) mass is 296 g/mol. The molecule has 0 unspecified atom stereocenters. The van der Waals surface area contributed by atoms with Crippen LogP contribution in [0.5, 0.6) is 0 Å². The predicted molar refractivity (Wildman–Crippen MR) is 77.5 cm³/mol. The Morgan fingerprint density at radius 3 is 2.89 bits per heavy atom. The number of rotatable bonds is 4. The summed E-state index contributed by atoms with van der Waals surface area (Å²) in [4.78, 5) is 24.5. The highest BCUT2D eigenvalue weighted by Crippen LogP contribution is 2.32. The van der Waals surface area contributed by atoms with E-state index < -0.39 is 5.97 Å². The average molecular weight is 296 g/mol. The minimum atomic E-state index is -0.944. The molecule has 1 aromatic rings. The molecule has 19 heavy (non-hydrogen) atoms. The van der Waals surface area contributed by atoms with Gasteiger partial charge in [-0.15, -0.1) is 0 Å². The number of thiocarbonyl (C=S) groups is 1. The third kappa shape index (κ3) is 3.05. The standard InChI is InChI=1S/C12H12N2O3S2/c1-13-5-2-3-8(13)7-9-11(17)14(12(18)19-9)6-4-10(15)16/h2-3,5,7H,4,6H2,1H3,(H,15,16)/b9-7-. The van der Waals surface area contributed by atoms with E-state index in [-0.39, 0.29) is 18.9 Å². The Bertz CT molecular complexity index is 577. The third-order valence-corrected chi connectivity index (χ3v) is 4.06. The molecule has 0 radical (unpaired) electrons. The highest BCUT2D eigenvalue weighted by atomic mass is 32.2. The Kier molecular flexibility index (Phi) is 4.06. The SMILES string of the molecule is Cn1cccc1/C=C1\SC(=S)N(CCC(=O)O)C1=O. The lowest BCUT2D eigenvalue weighted by Gasteiger charge is -2.12. The zero-order valence-electron chi connectivity index (χ0n) is 10.2. The van der Waals surface area contributed by atoms with Gasteiger partial charge in [0.2, 0.25) is 0 Å². The van der Waals surface area contributed by atoms with Crippen molar-refractivity contribution < 1.29 is 14.7 Å². The van der Waals surface area contributed by atoms with E-state index >= 15 is 0 Å². The summed E-state index contributed by atoms with van der Waals surface area (Å²) in [7, 11) is 1.89. The number of aromatic nitrogens is 1. The first kappa shape index (κ1) is 13.8. The van der Waals surface area contributed by atoms with Crippen LogP contribution >= 0.6 is 24.0 Å². The van der Waals surface area contributed by atoms with E-state index in [2.05, 4.69) is 0 Å². The Balaban J connectivity index is 2.16. The minimum absolute atomic E-state index is 0.107. The van der Waals surface area contributed by atoms with Crippen LogP contribution in [-0.2, 0) is 16.6 Å². The summed E-state index contributed by atoms with van der Waals surface area (Å²) in [6.45, 7) is 0.116. The molecule has 1 aliphatic rings. The number of hydrogen-bond acceptors (Lipinski definition) is 4. The molecule has 7 heteroatoms. The van der Waals surface area contributed by atoms with Crippen molar-refractivity contribution in [2.24, 2.45) is 7.05 Å². The Morgan fingerprint density at radius 1 is 1.58 bits per heavy atom. The fraction of sp³-hybridized carbons (Fsp3) is 0.250. The molecule has 1 fully saturated rings. The van der Waals surface area contributed by atoms with Crippen LogP contribution in [0.15, 0.2) is 23.2 Å². The molecule has 1 N–H and O–H groups in total. The minimum Gasteiger partial charge on any atom is -0.481 e. The molecule has 0 aromatic carbocycles. The second-order valence-electron chi connectivity index (χ2n) is 4.02. The number of aliphatic carboxylic acids is 1. The zero-order chi connectivity index (χ0) is 14.0. The smallest absolute Gasteiger partial charge is 0.305 e. The molecule has 1 saturated heterocycles. The quantitative estimate of drug-likeness (QED) is 0.677. The number of aryl methyl sites for hydroxylation is 1. The number of carboxylic acids is 1. The van der Waals surface area contributed by atoms with E-state index in [1.165, 1.54) is 16.7 Å². The average Bonchev–Trinajstić information content (AvgIpc) is 2.84. The summed E-state index contributed by atoms with van der Waals surface area (Å²) in [6.07, 6.45) is 3.54. The maximum Gasteiger partial charge on any atom is 0.305 e. The first-order valence-electron chi connectivity index (χ1n) is 5.57. The van der Waals surface area contributed by atoms with Crippen LogP contribution in [0, 0.1) is 0 Å². The van der Waals surface area contributed by atoms with Gasteiger partial charge in [-0.05, 0) is 18.2 Å². The Labute approximate surface area is 119 Å². The molecule has 1 aromatic heterocycles. The second-order valence-corrected chi connectivity index (χ2v) is 5.70. The number of carbonyl (C=O) groups excluding carboxylic acids is 1. The lowest BCUT2D eigenvalue weighted by Crippen LogP contribution is -2.30. The van der Waals surface area contributed by atoms with Crippen LogP contribution in [-0.4, -0.2) is 37.3 Å². The molecule has 5 nitrogen and oxygen atoms in total. The van der Waals surface area contributed by atoms with E-state index in [0.717, 1.165) is 5.69 Å². The van der Waals surface area contributed by atoms with Crippen molar-refractivity contribution in [3.63, 3.8) is 0 Å². The third-order valence-electron chi connectivity index (χ3n) is 2.69. The molecule has 1 aliphatic heterocycles. The van der Waals surface area contributed by atoms with Crippen LogP contribution in [0.25, 0.3) is 6.08 Å². The number of thioether (sulfide) groups is 1. The molecule has 2 heterocycles. The van der Waals surface area contributed by atoms with E-state index in [0.29, 0.717) is 9.23 Å². The molecule has 100 valence electrons. The molecule has 2 rings (SSSR count). The first-order valence-corrected chi connectivity index (χ1v) is 6.80. The fourth-order valence-corrected chi connectivity index (χ4v) is 2.95. The van der Waals surface area contributed by atoms with Crippen LogP contribution < -0.4 is 0 Å². The van der Waals surface area contributed by atoms with Gasteiger partial charge in [0.15, 0.2) is 0 Å². The molecule has 0 aliphatic carbocycles. The normalized spacial score (nSPS) is 17.5. The Hall–Kier alpha value is -1.60. The van der Waals surface area contributed by atoms with Gasteiger partial charge >= 0.3 is 5.97 Å². The van der Waals surface area contributed by atoms with Gasteiger partial charge in [0.1, 0.15) is 4.32 Å². The van der Waals surface area contributed by atoms with Gasteiger partial charge in [0.05, 0.1) is 11.3 Å². The van der Waals surface area contributed by atoms with E-state index in [1.54, 1.807) is 6.08 Å². The van der Waals surface area contributed by atoms with Gasteiger partial charge in [-0.1, -0.05) is 24.0 Å². The van der Waals surface area contributed by atoms with Crippen molar-refractivity contribution in [2.45, 2.75) is 6.42 Å². The van der Waals surface area contributed by atoms with Gasteiger partial charge in [-0.25, -0.2) is 0 Å². The highest BCUT2D eigenvalue weighted by Gasteiger charge is 2.32. The van der Waals surface area contributed by atoms with Gasteiger partial charge in [0.25, 0.3) is 5.91 Å². The summed E-state index contributed by atoms with van der Waals surface area (Å²) in [6, 6.07) is 3.78. The highest BCUT2D eigenvalue weighted by molar-refractivity contribution is 8.26. The molecule has 0 bridgehead atoms. The molecule has 0 saturated carbocycles. The maximum atomic E-state index is 12.1. The number of carboxylic acid groups (broad SMARTS) is 1. The van der Waals surface area contributed by atoms with Crippen molar-refractivity contribution in [1.82, 2.24) is 9.47 Å². The number of nitrogens with zero attached hydrogens (tertiary/aromatic N) is 2. The lowest BCUT2D eigenvalue weighted by atomic mass is 10.3. The summed E-state index contributed by atoms with van der Waals surface area (Å²) in [5, 5.41) is 8.65. The van der Waals surface area contributed by atoms with Crippen LogP contribution in [0.3, 0.4) is 0 Å². The predicted octanol–water partition coefficient (Wildman–Crippen LogP) is 1.70. The van der Waals surface area contributed by atoms with Crippen molar-refractivity contribution in [3.8, 4) is 0 Å². The summed E-state index contributed by atoms with van der Waals surface area (Å²) < 4.78 is 2.30. The van der Waals surface area contributed by atoms with Gasteiger partial charge in [-0.3, -0.25) is 14.5 Å². The van der Waals surface area contributed by atoms with Crippen LogP contribution in [0.1, 0.15) is 12.1 Å². The lowest BCUT2D eigenvalue weighted by molar-refractivity contribution is -0.137. The zero-order valence-corrected chi connectivity index (χ0v) is 11.8. The summed E-state index contributed by atoms with van der Waals surface area (Å²) in [5.74, 6) is -1.17. The molecule has 0 atom stereocenters. The first-order chi connectivity index (χ1) is 8.99. The van der Waals surface area contributed by atoms with Crippen molar-refractivity contribution in [3.05, 3.63) is 28.9 Å². The molecular weight excluding hydrogens is 284 g/mol. The second kappa shape index (κ2) is 5.58. The van der Waals surface area contributed by atoms with E-state index in [4.69, 9.17) is 17.3 Å². The molecule has 0 spiro atoms. The fourth-order valence-electron chi connectivity index (χ4n) is 1.66. The van der Waals surface area contributed by atoms with Gasteiger partial charge in [-0.2, -0.15) is 0 Å². The topological polar surface area (TPSA) is 62.5 Å².